The van der Waals surface area contributed by atoms with E-state index in [9.17, 15) is 8.78 Å². The number of hydrogen-bond donors (Lipinski definition) is 0. The molecule has 0 aliphatic carbocycles. The van der Waals surface area contributed by atoms with Gasteiger partial charge in [-0.2, -0.15) is 8.78 Å². The van der Waals surface area contributed by atoms with Gasteiger partial charge in [0.2, 0.25) is 5.82 Å². The van der Waals surface area contributed by atoms with Gasteiger partial charge in [0.25, 0.3) is 0 Å². The highest BCUT2D eigenvalue weighted by atomic mass is 35.5. The number of halogens is 3. The summed E-state index contributed by atoms with van der Waals surface area (Å²) in [6.45, 7) is 1.70. The topological polar surface area (TPSA) is 25.8 Å². The van der Waals surface area contributed by atoms with Crippen molar-refractivity contribution in [2.75, 3.05) is 0 Å². The van der Waals surface area contributed by atoms with Crippen LogP contribution in [0, 0.1) is 6.92 Å². The molecule has 0 unspecified atom stereocenters. The highest BCUT2D eigenvalue weighted by molar-refractivity contribution is 6.21. The molecule has 0 aliphatic rings. The molecule has 1 aromatic rings. The summed E-state index contributed by atoms with van der Waals surface area (Å²) in [6, 6.07) is 0. The second kappa shape index (κ2) is 2.70. The van der Waals surface area contributed by atoms with Gasteiger partial charge in [-0.05, 0) is 24.1 Å². The van der Waals surface area contributed by atoms with Crippen molar-refractivity contribution in [3.8, 4) is 0 Å². The summed E-state index contributed by atoms with van der Waals surface area (Å²) in [5.74, 6) is -0.662. The Balaban J connectivity index is 2.99. The third-order valence-corrected chi connectivity index (χ3v) is 1.20. The summed E-state index contributed by atoms with van der Waals surface area (Å²) in [5, 5.41) is -3.46. The van der Waals surface area contributed by atoms with Crippen LogP contribution < -0.4 is 0 Å². The fourth-order valence-electron chi connectivity index (χ4n) is 0.539. The first kappa shape index (κ1) is 8.33. The van der Waals surface area contributed by atoms with E-state index < -0.39 is 11.2 Å². The van der Waals surface area contributed by atoms with Crippen LogP contribution in [0.2, 0.25) is 0 Å². The molecule has 0 aliphatic heterocycles. The first-order valence-corrected chi connectivity index (χ1v) is 3.24. The maximum Gasteiger partial charge on any atom is 0.381 e. The molecule has 0 saturated carbocycles. The Labute approximate surface area is 67.2 Å². The Morgan fingerprint density at radius 2 is 1.82 bits per heavy atom. The summed E-state index contributed by atoms with van der Waals surface area (Å²) in [5.41, 5.74) is 0.717. The lowest BCUT2D eigenvalue weighted by molar-refractivity contribution is 0.0844. The molecule has 1 heterocycles. The second-order valence-corrected chi connectivity index (χ2v) is 2.56. The SMILES string of the molecule is Cc1cnc(C(F)(F)Cl)nc1. The van der Waals surface area contributed by atoms with Gasteiger partial charge in [0, 0.05) is 12.4 Å². The molecule has 1 aromatic heterocycles. The molecule has 0 saturated heterocycles. The molecule has 0 spiro atoms. The smallest absolute Gasteiger partial charge is 0.234 e. The monoisotopic (exact) mass is 178 g/mol. The zero-order chi connectivity index (χ0) is 8.48. The van der Waals surface area contributed by atoms with Gasteiger partial charge in [0.1, 0.15) is 0 Å². The van der Waals surface area contributed by atoms with Gasteiger partial charge in [-0.25, -0.2) is 9.97 Å². The van der Waals surface area contributed by atoms with E-state index in [1.54, 1.807) is 6.92 Å². The zero-order valence-corrected chi connectivity index (χ0v) is 6.44. The number of nitrogens with zero attached hydrogens (tertiary/aromatic N) is 2. The molecule has 60 valence electrons. The maximum atomic E-state index is 12.2. The number of rotatable bonds is 1. The van der Waals surface area contributed by atoms with E-state index in [1.165, 1.54) is 12.4 Å². The highest BCUT2D eigenvalue weighted by Crippen LogP contribution is 2.28. The van der Waals surface area contributed by atoms with Crippen LogP contribution in [-0.2, 0) is 5.38 Å². The van der Waals surface area contributed by atoms with Gasteiger partial charge >= 0.3 is 5.38 Å². The molecular formula is C6H5ClF2N2. The van der Waals surface area contributed by atoms with E-state index in [2.05, 4.69) is 21.6 Å². The van der Waals surface area contributed by atoms with Crippen LogP contribution in [-0.4, -0.2) is 9.97 Å². The molecule has 0 fully saturated rings. The van der Waals surface area contributed by atoms with Crippen molar-refractivity contribution in [2.45, 2.75) is 12.3 Å². The summed E-state index contributed by atoms with van der Waals surface area (Å²) in [4.78, 5) is 6.71. The van der Waals surface area contributed by atoms with Gasteiger partial charge in [-0.1, -0.05) is 0 Å². The Hall–Kier alpha value is -0.770. The minimum Gasteiger partial charge on any atom is -0.234 e. The third kappa shape index (κ3) is 2.08. The van der Waals surface area contributed by atoms with Gasteiger partial charge in [-0.15, -0.1) is 0 Å². The average molecular weight is 179 g/mol. The maximum absolute atomic E-state index is 12.2. The van der Waals surface area contributed by atoms with E-state index in [0.29, 0.717) is 0 Å². The molecule has 0 radical (unpaired) electrons. The van der Waals surface area contributed by atoms with Crippen LogP contribution in [0.1, 0.15) is 11.4 Å². The zero-order valence-electron chi connectivity index (χ0n) is 5.68. The lowest BCUT2D eigenvalue weighted by atomic mass is 10.4. The molecule has 1 rings (SSSR count). The van der Waals surface area contributed by atoms with Crippen molar-refractivity contribution < 1.29 is 8.78 Å². The lowest BCUT2D eigenvalue weighted by Gasteiger charge is -2.04. The molecule has 2 nitrogen and oxygen atoms in total. The highest BCUT2D eigenvalue weighted by Gasteiger charge is 2.31. The molecule has 0 bridgehead atoms. The molecule has 5 heteroatoms. The van der Waals surface area contributed by atoms with Gasteiger partial charge in [0.15, 0.2) is 0 Å². The van der Waals surface area contributed by atoms with Crippen LogP contribution in [0.25, 0.3) is 0 Å². The molecule has 11 heavy (non-hydrogen) atoms. The van der Waals surface area contributed by atoms with Crippen molar-refractivity contribution in [2.24, 2.45) is 0 Å². The lowest BCUT2D eigenvalue weighted by Crippen LogP contribution is -2.08. The van der Waals surface area contributed by atoms with Gasteiger partial charge < -0.3 is 0 Å². The summed E-state index contributed by atoms with van der Waals surface area (Å²) < 4.78 is 24.5. The van der Waals surface area contributed by atoms with E-state index in [1.807, 2.05) is 0 Å². The normalized spacial score (nSPS) is 11.6. The van der Waals surface area contributed by atoms with E-state index >= 15 is 0 Å². The quantitative estimate of drug-likeness (QED) is 0.616. The fraction of sp³-hybridized carbons (Fsp3) is 0.333. The van der Waals surface area contributed by atoms with Crippen molar-refractivity contribution in [3.05, 3.63) is 23.8 Å². The van der Waals surface area contributed by atoms with Crippen molar-refractivity contribution in [1.29, 1.82) is 0 Å². The molecule has 0 aromatic carbocycles. The van der Waals surface area contributed by atoms with Crippen LogP contribution in [0.5, 0.6) is 0 Å². The number of hydrogen-bond acceptors (Lipinski definition) is 2. The standard InChI is InChI=1S/C6H5ClF2N2/c1-4-2-10-5(11-3-4)6(7,8)9/h2-3H,1H3. The van der Waals surface area contributed by atoms with Gasteiger partial charge in [0.05, 0.1) is 0 Å². The summed E-state index contributed by atoms with van der Waals surface area (Å²) >= 11 is 4.65. The van der Waals surface area contributed by atoms with Crippen LogP contribution >= 0.6 is 11.6 Å². The van der Waals surface area contributed by atoms with Crippen LogP contribution in [0.3, 0.4) is 0 Å². The third-order valence-electron chi connectivity index (χ3n) is 1.03. The number of aromatic nitrogens is 2. The summed E-state index contributed by atoms with van der Waals surface area (Å²) in [6.07, 6.45) is 2.58. The second-order valence-electron chi connectivity index (χ2n) is 2.08. The molecule has 0 atom stereocenters. The van der Waals surface area contributed by atoms with Gasteiger partial charge in [-0.3, -0.25) is 0 Å². The molecular weight excluding hydrogens is 174 g/mol. The Bertz CT molecular complexity index is 242. The fourth-order valence-corrected chi connectivity index (χ4v) is 0.637. The van der Waals surface area contributed by atoms with Crippen LogP contribution in [0.4, 0.5) is 8.78 Å². The predicted molar refractivity (Wildman–Crippen MR) is 36.5 cm³/mol. The van der Waals surface area contributed by atoms with E-state index in [-0.39, 0.29) is 0 Å². The largest absolute Gasteiger partial charge is 0.381 e. The average Bonchev–Trinajstić information content (AvgIpc) is 1.86. The number of aryl methyl sites for hydroxylation is 1. The van der Waals surface area contributed by atoms with Crippen molar-refractivity contribution >= 4 is 11.6 Å². The minimum absolute atomic E-state index is 0.662. The number of alkyl halides is 3. The van der Waals surface area contributed by atoms with Crippen LogP contribution in [0.15, 0.2) is 12.4 Å². The Morgan fingerprint density at radius 1 is 1.36 bits per heavy atom. The minimum atomic E-state index is -3.46. The van der Waals surface area contributed by atoms with Crippen molar-refractivity contribution in [1.82, 2.24) is 9.97 Å². The van der Waals surface area contributed by atoms with E-state index in [0.717, 1.165) is 5.56 Å². The predicted octanol–water partition coefficient (Wildman–Crippen LogP) is 2.07. The van der Waals surface area contributed by atoms with E-state index in [4.69, 9.17) is 0 Å². The Kier molecular flexibility index (Phi) is 2.04. The summed E-state index contributed by atoms with van der Waals surface area (Å²) in [7, 11) is 0. The first-order valence-electron chi connectivity index (χ1n) is 2.86. The molecule has 0 N–H and O–H groups in total. The first-order chi connectivity index (χ1) is 5.00. The van der Waals surface area contributed by atoms with Crippen molar-refractivity contribution in [3.63, 3.8) is 0 Å². The Morgan fingerprint density at radius 3 is 2.18 bits per heavy atom. The molecule has 0 amide bonds.